The quantitative estimate of drug-likeness (QED) is 0.608. The van der Waals surface area contributed by atoms with E-state index in [1.807, 2.05) is 42.5 Å². The van der Waals surface area contributed by atoms with Gasteiger partial charge in [0.25, 0.3) is 0 Å². The van der Waals surface area contributed by atoms with Crippen LogP contribution >= 0.6 is 11.8 Å². The molecule has 2 rings (SSSR count). The Hall–Kier alpha value is -1.87. The maximum atomic E-state index is 11.7. The minimum atomic E-state index is -0.122. The van der Waals surface area contributed by atoms with Crippen molar-refractivity contribution < 1.29 is 9.59 Å². The molecule has 0 saturated heterocycles. The molecule has 2 aromatic carbocycles. The topological polar surface area (TPSA) is 34.1 Å². The number of ketones is 2. The first-order valence-electron chi connectivity index (χ1n) is 6.01. The van der Waals surface area contributed by atoms with Crippen molar-refractivity contribution in [2.24, 2.45) is 0 Å². The number of hydrogen-bond acceptors (Lipinski definition) is 3. The minimum absolute atomic E-state index is 0.0226. The van der Waals surface area contributed by atoms with Gasteiger partial charge in [0.1, 0.15) is 5.78 Å². The second-order valence-corrected chi connectivity index (χ2v) is 5.39. The van der Waals surface area contributed by atoms with Crippen LogP contribution in [0.2, 0.25) is 0 Å². The van der Waals surface area contributed by atoms with Gasteiger partial charge in [0, 0.05) is 15.4 Å². The smallest absolute Gasteiger partial charge is 0.170 e. The second kappa shape index (κ2) is 6.34. The molecule has 0 unspecified atom stereocenters. The van der Waals surface area contributed by atoms with Crippen LogP contribution in [0.1, 0.15) is 23.7 Å². The van der Waals surface area contributed by atoms with Crippen LogP contribution in [0, 0.1) is 0 Å². The van der Waals surface area contributed by atoms with Crippen LogP contribution in [0.15, 0.2) is 64.4 Å². The number of carbonyl (C=O) groups is 2. The molecule has 0 aromatic heterocycles. The lowest BCUT2D eigenvalue weighted by Crippen LogP contribution is -2.04. The Morgan fingerprint density at radius 3 is 2.05 bits per heavy atom. The summed E-state index contributed by atoms with van der Waals surface area (Å²) in [6, 6.07) is 17.4. The van der Waals surface area contributed by atoms with E-state index in [9.17, 15) is 9.59 Å². The van der Waals surface area contributed by atoms with Gasteiger partial charge in [0.05, 0.1) is 6.42 Å². The van der Waals surface area contributed by atoms with Gasteiger partial charge in [-0.1, -0.05) is 42.1 Å². The second-order valence-electron chi connectivity index (χ2n) is 4.24. The van der Waals surface area contributed by atoms with Crippen LogP contribution in [-0.2, 0) is 4.79 Å². The Morgan fingerprint density at radius 1 is 0.895 bits per heavy atom. The van der Waals surface area contributed by atoms with E-state index in [1.54, 1.807) is 23.9 Å². The first kappa shape index (κ1) is 13.6. The van der Waals surface area contributed by atoms with E-state index in [1.165, 1.54) is 6.92 Å². The third-order valence-corrected chi connectivity index (χ3v) is 3.58. The van der Waals surface area contributed by atoms with Gasteiger partial charge in [0.2, 0.25) is 0 Å². The van der Waals surface area contributed by atoms with E-state index in [2.05, 4.69) is 0 Å². The van der Waals surface area contributed by atoms with Crippen molar-refractivity contribution in [1.29, 1.82) is 0 Å². The molecule has 0 amide bonds. The average Bonchev–Trinajstić information content (AvgIpc) is 2.40. The van der Waals surface area contributed by atoms with Crippen molar-refractivity contribution in [2.45, 2.75) is 23.1 Å². The highest BCUT2D eigenvalue weighted by atomic mass is 32.2. The largest absolute Gasteiger partial charge is 0.300 e. The monoisotopic (exact) mass is 270 g/mol. The predicted molar refractivity (Wildman–Crippen MR) is 76.6 cm³/mol. The minimum Gasteiger partial charge on any atom is -0.300 e. The average molecular weight is 270 g/mol. The first-order valence-corrected chi connectivity index (χ1v) is 6.82. The standard InChI is InChI=1S/C16H14O2S/c1-12(17)11-16(18)13-7-9-15(10-8-13)19-14-5-3-2-4-6-14/h2-10H,11H2,1H3. The van der Waals surface area contributed by atoms with Crippen LogP contribution in [0.3, 0.4) is 0 Å². The number of Topliss-reactive ketones (excluding diaryl/α,β-unsaturated/α-hetero) is 2. The highest BCUT2D eigenvalue weighted by Crippen LogP contribution is 2.27. The van der Waals surface area contributed by atoms with E-state index in [4.69, 9.17) is 0 Å². The van der Waals surface area contributed by atoms with Crippen molar-refractivity contribution >= 4 is 23.3 Å². The molecule has 0 heterocycles. The molecule has 0 aliphatic heterocycles. The Balaban J connectivity index is 2.06. The molecule has 3 heteroatoms. The summed E-state index contributed by atoms with van der Waals surface area (Å²) < 4.78 is 0. The molecule has 2 nitrogen and oxygen atoms in total. The molecule has 2 aromatic rings. The fourth-order valence-electron chi connectivity index (χ4n) is 1.66. The molecule has 0 spiro atoms. The van der Waals surface area contributed by atoms with Crippen molar-refractivity contribution in [2.75, 3.05) is 0 Å². The lowest BCUT2D eigenvalue weighted by atomic mass is 10.1. The molecule has 96 valence electrons. The lowest BCUT2D eigenvalue weighted by molar-refractivity contribution is -0.116. The first-order chi connectivity index (χ1) is 9.15. The van der Waals surface area contributed by atoms with E-state index < -0.39 is 0 Å². The van der Waals surface area contributed by atoms with Gasteiger partial charge < -0.3 is 0 Å². The van der Waals surface area contributed by atoms with E-state index >= 15 is 0 Å². The Labute approximate surface area is 116 Å². The molecule has 0 radical (unpaired) electrons. The lowest BCUT2D eigenvalue weighted by Gasteiger charge is -2.03. The SMILES string of the molecule is CC(=O)CC(=O)c1ccc(Sc2ccccc2)cc1. The Morgan fingerprint density at radius 2 is 1.47 bits per heavy atom. The van der Waals surface area contributed by atoms with Gasteiger partial charge in [-0.3, -0.25) is 9.59 Å². The summed E-state index contributed by atoms with van der Waals surface area (Å²) in [6.07, 6.45) is -0.0226. The van der Waals surface area contributed by atoms with E-state index in [-0.39, 0.29) is 18.0 Å². The molecule has 0 saturated carbocycles. The third kappa shape index (κ3) is 4.07. The maximum absolute atomic E-state index is 11.7. The van der Waals surface area contributed by atoms with Gasteiger partial charge in [0.15, 0.2) is 5.78 Å². The van der Waals surface area contributed by atoms with Gasteiger partial charge in [-0.15, -0.1) is 0 Å². The van der Waals surface area contributed by atoms with E-state index in [0.29, 0.717) is 5.56 Å². The fraction of sp³-hybridized carbons (Fsp3) is 0.125. The zero-order valence-electron chi connectivity index (χ0n) is 10.6. The molecular weight excluding hydrogens is 256 g/mol. The maximum Gasteiger partial charge on any atom is 0.170 e. The van der Waals surface area contributed by atoms with Crippen molar-refractivity contribution in [3.8, 4) is 0 Å². The summed E-state index contributed by atoms with van der Waals surface area (Å²) in [5, 5.41) is 0. The van der Waals surface area contributed by atoms with Crippen LogP contribution in [0.25, 0.3) is 0 Å². The molecule has 0 N–H and O–H groups in total. The summed E-state index contributed by atoms with van der Waals surface area (Å²) in [6.45, 7) is 1.43. The molecule has 0 bridgehead atoms. The summed E-state index contributed by atoms with van der Waals surface area (Å²) in [4.78, 5) is 24.8. The van der Waals surface area contributed by atoms with Gasteiger partial charge in [-0.05, 0) is 31.2 Å². The van der Waals surface area contributed by atoms with Crippen molar-refractivity contribution in [3.63, 3.8) is 0 Å². The number of benzene rings is 2. The Bertz CT molecular complexity index is 573. The van der Waals surface area contributed by atoms with Gasteiger partial charge in [-0.2, -0.15) is 0 Å². The highest BCUT2D eigenvalue weighted by molar-refractivity contribution is 7.99. The summed E-state index contributed by atoms with van der Waals surface area (Å²) in [5.41, 5.74) is 0.590. The molecule has 0 fully saturated rings. The van der Waals surface area contributed by atoms with E-state index in [0.717, 1.165) is 9.79 Å². The predicted octanol–water partition coefficient (Wildman–Crippen LogP) is 4.00. The Kier molecular flexibility index (Phi) is 4.53. The summed E-state index contributed by atoms with van der Waals surface area (Å²) in [5.74, 6) is -0.225. The normalized spacial score (nSPS) is 10.2. The molecule has 19 heavy (non-hydrogen) atoms. The zero-order valence-corrected chi connectivity index (χ0v) is 11.4. The number of hydrogen-bond donors (Lipinski definition) is 0. The van der Waals surface area contributed by atoms with Crippen LogP contribution < -0.4 is 0 Å². The summed E-state index contributed by atoms with van der Waals surface area (Å²) >= 11 is 1.64. The zero-order chi connectivity index (χ0) is 13.7. The molecule has 0 aliphatic rings. The molecule has 0 atom stereocenters. The van der Waals surface area contributed by atoms with Crippen LogP contribution in [-0.4, -0.2) is 11.6 Å². The van der Waals surface area contributed by atoms with Crippen LogP contribution in [0.5, 0.6) is 0 Å². The van der Waals surface area contributed by atoms with Gasteiger partial charge >= 0.3 is 0 Å². The highest BCUT2D eigenvalue weighted by Gasteiger charge is 2.08. The third-order valence-electron chi connectivity index (χ3n) is 2.56. The van der Waals surface area contributed by atoms with Gasteiger partial charge in [-0.25, -0.2) is 0 Å². The molecular formula is C16H14O2S. The van der Waals surface area contributed by atoms with Crippen molar-refractivity contribution in [3.05, 3.63) is 60.2 Å². The molecule has 0 aliphatic carbocycles. The van der Waals surface area contributed by atoms with Crippen LogP contribution in [0.4, 0.5) is 0 Å². The fourth-order valence-corrected chi connectivity index (χ4v) is 2.50. The number of rotatable bonds is 5. The number of carbonyl (C=O) groups excluding carboxylic acids is 2. The summed E-state index contributed by atoms with van der Waals surface area (Å²) in [7, 11) is 0. The van der Waals surface area contributed by atoms with Crippen molar-refractivity contribution in [1.82, 2.24) is 0 Å².